The van der Waals surface area contributed by atoms with E-state index in [4.69, 9.17) is 16.3 Å². The van der Waals surface area contributed by atoms with Crippen LogP contribution >= 0.6 is 11.6 Å². The molecule has 1 N–H and O–H groups in total. The Kier molecular flexibility index (Phi) is 8.81. The number of carbonyl (C=O) groups is 1. The molecule has 0 saturated carbocycles. The van der Waals surface area contributed by atoms with Gasteiger partial charge in [0.2, 0.25) is 5.91 Å². The number of nitrogens with one attached hydrogen (secondary N) is 1. The van der Waals surface area contributed by atoms with E-state index in [2.05, 4.69) is 19.2 Å². The lowest BCUT2D eigenvalue weighted by Crippen LogP contribution is -2.41. The van der Waals surface area contributed by atoms with Crippen LogP contribution in [0, 0.1) is 13.8 Å². The average molecular weight is 515 g/mol. The van der Waals surface area contributed by atoms with Crippen molar-refractivity contribution in [3.05, 3.63) is 88.4 Å². The maximum Gasteiger partial charge on any atom is 0.264 e. The fraction of sp³-hybridized carbons (Fsp3) is 0.296. The van der Waals surface area contributed by atoms with E-state index in [0.29, 0.717) is 22.4 Å². The van der Waals surface area contributed by atoms with Gasteiger partial charge in [-0.2, -0.15) is 0 Å². The van der Waals surface area contributed by atoms with Gasteiger partial charge >= 0.3 is 0 Å². The molecule has 0 saturated heterocycles. The monoisotopic (exact) mass is 514 g/mol. The molecule has 186 valence electrons. The van der Waals surface area contributed by atoms with Crippen molar-refractivity contribution in [3.63, 3.8) is 0 Å². The highest BCUT2D eigenvalue weighted by Crippen LogP contribution is 2.26. The summed E-state index contributed by atoms with van der Waals surface area (Å²) in [5.74, 6) is 0.473. The summed E-state index contributed by atoms with van der Waals surface area (Å²) < 4.78 is 33.7. The summed E-state index contributed by atoms with van der Waals surface area (Å²) in [6.45, 7) is 8.01. The number of rotatable bonds is 10. The van der Waals surface area contributed by atoms with Crippen molar-refractivity contribution < 1.29 is 17.9 Å². The number of sulfonamides is 1. The molecule has 3 aromatic rings. The lowest BCUT2D eigenvalue weighted by Gasteiger charge is -2.24. The fourth-order valence-corrected chi connectivity index (χ4v) is 4.98. The minimum atomic E-state index is -3.95. The van der Waals surface area contributed by atoms with Gasteiger partial charge in [-0.25, -0.2) is 8.42 Å². The first kappa shape index (κ1) is 26.6. The fourth-order valence-electron chi connectivity index (χ4n) is 3.39. The van der Waals surface area contributed by atoms with Crippen molar-refractivity contribution in [3.8, 4) is 5.75 Å². The predicted molar refractivity (Wildman–Crippen MR) is 141 cm³/mol. The van der Waals surface area contributed by atoms with Crippen LogP contribution in [0.5, 0.6) is 5.75 Å². The predicted octanol–water partition coefficient (Wildman–Crippen LogP) is 5.47. The van der Waals surface area contributed by atoms with Gasteiger partial charge in [-0.15, -0.1) is 0 Å². The molecule has 1 amide bonds. The molecule has 0 unspecified atom stereocenters. The number of hydrogen-bond acceptors (Lipinski definition) is 4. The molecule has 0 aliphatic rings. The first-order valence-corrected chi connectivity index (χ1v) is 13.2. The van der Waals surface area contributed by atoms with Crippen molar-refractivity contribution in [2.24, 2.45) is 0 Å². The second-order valence-electron chi connectivity index (χ2n) is 8.68. The van der Waals surface area contributed by atoms with E-state index < -0.39 is 15.9 Å². The molecule has 0 aliphatic heterocycles. The molecule has 0 spiro atoms. The Labute approximate surface area is 212 Å². The Morgan fingerprint density at radius 1 is 1.00 bits per heavy atom. The van der Waals surface area contributed by atoms with Gasteiger partial charge in [-0.05, 0) is 67.3 Å². The molecule has 0 atom stereocenters. The second-order valence-corrected chi connectivity index (χ2v) is 10.9. The largest absolute Gasteiger partial charge is 0.492 e. The third kappa shape index (κ3) is 6.99. The topological polar surface area (TPSA) is 75.7 Å². The van der Waals surface area contributed by atoms with Crippen LogP contribution < -0.4 is 14.4 Å². The van der Waals surface area contributed by atoms with Gasteiger partial charge < -0.3 is 10.1 Å². The Morgan fingerprint density at radius 2 is 1.66 bits per heavy atom. The molecular formula is C27H31ClN2O4S. The number of carbonyl (C=O) groups excluding carboxylic acids is 1. The third-order valence-electron chi connectivity index (χ3n) is 5.58. The first-order valence-electron chi connectivity index (χ1n) is 11.4. The van der Waals surface area contributed by atoms with Gasteiger partial charge in [0.25, 0.3) is 10.0 Å². The summed E-state index contributed by atoms with van der Waals surface area (Å²) in [5, 5.41) is 3.34. The highest BCUT2D eigenvalue weighted by molar-refractivity contribution is 7.92. The van der Waals surface area contributed by atoms with Crippen molar-refractivity contribution in [1.82, 2.24) is 5.32 Å². The average Bonchev–Trinajstić information content (AvgIpc) is 2.82. The zero-order valence-electron chi connectivity index (χ0n) is 20.4. The highest BCUT2D eigenvalue weighted by atomic mass is 35.5. The number of anilines is 1. The number of amides is 1. The summed E-state index contributed by atoms with van der Waals surface area (Å²) in [6.07, 6.45) is 0. The van der Waals surface area contributed by atoms with Crippen molar-refractivity contribution in [1.29, 1.82) is 0 Å². The van der Waals surface area contributed by atoms with Crippen LogP contribution in [-0.2, 0) is 14.8 Å². The van der Waals surface area contributed by atoms with E-state index in [1.54, 1.807) is 48.5 Å². The molecule has 3 rings (SSSR count). The lowest BCUT2D eigenvalue weighted by molar-refractivity contribution is -0.119. The molecule has 6 nitrogen and oxygen atoms in total. The van der Waals surface area contributed by atoms with E-state index in [-0.39, 0.29) is 24.6 Å². The number of benzene rings is 3. The summed E-state index contributed by atoms with van der Waals surface area (Å²) in [4.78, 5) is 12.9. The van der Waals surface area contributed by atoms with Crippen molar-refractivity contribution in [2.45, 2.75) is 38.5 Å². The Balaban J connectivity index is 1.72. The minimum Gasteiger partial charge on any atom is -0.492 e. The zero-order valence-corrected chi connectivity index (χ0v) is 22.0. The van der Waals surface area contributed by atoms with Crippen LogP contribution in [0.25, 0.3) is 0 Å². The zero-order chi connectivity index (χ0) is 25.6. The van der Waals surface area contributed by atoms with Gasteiger partial charge in [0.05, 0.1) is 17.1 Å². The normalized spacial score (nSPS) is 11.4. The molecule has 0 fully saturated rings. The maximum atomic E-state index is 13.5. The van der Waals surface area contributed by atoms with Crippen molar-refractivity contribution in [2.75, 3.05) is 24.0 Å². The van der Waals surface area contributed by atoms with E-state index >= 15 is 0 Å². The van der Waals surface area contributed by atoms with Gasteiger partial charge in [-0.3, -0.25) is 9.10 Å². The summed E-state index contributed by atoms with van der Waals surface area (Å²) in [6, 6.07) is 19.2. The number of aryl methyl sites for hydroxylation is 2. The maximum absolute atomic E-state index is 13.5. The molecule has 0 aliphatic carbocycles. The first-order chi connectivity index (χ1) is 16.6. The van der Waals surface area contributed by atoms with Crippen LogP contribution in [0.2, 0.25) is 5.02 Å². The number of ether oxygens (including phenoxy) is 1. The molecule has 8 heteroatoms. The van der Waals surface area contributed by atoms with E-state index in [1.165, 1.54) is 0 Å². The smallest absolute Gasteiger partial charge is 0.264 e. The van der Waals surface area contributed by atoms with Gasteiger partial charge in [0, 0.05) is 5.02 Å². The Bertz CT molecular complexity index is 1260. The minimum absolute atomic E-state index is 0.128. The van der Waals surface area contributed by atoms with Crippen LogP contribution in [0.15, 0.2) is 71.6 Å². The van der Waals surface area contributed by atoms with Crippen molar-refractivity contribution >= 4 is 33.2 Å². The number of hydrogen-bond donors (Lipinski definition) is 1. The van der Waals surface area contributed by atoms with E-state index in [9.17, 15) is 13.2 Å². The van der Waals surface area contributed by atoms with Crippen LogP contribution in [-0.4, -0.2) is 34.0 Å². The van der Waals surface area contributed by atoms with Gasteiger partial charge in [0.15, 0.2) is 0 Å². The lowest BCUT2D eigenvalue weighted by atomic mass is 10.0. The molecule has 0 radical (unpaired) electrons. The van der Waals surface area contributed by atoms with E-state index in [1.807, 2.05) is 32.0 Å². The third-order valence-corrected chi connectivity index (χ3v) is 7.78. The Hall–Kier alpha value is -3.03. The molecule has 0 heterocycles. The second kappa shape index (κ2) is 11.6. The summed E-state index contributed by atoms with van der Waals surface area (Å²) in [5.41, 5.74) is 3.41. The van der Waals surface area contributed by atoms with Crippen LogP contribution in [0.1, 0.15) is 36.5 Å². The van der Waals surface area contributed by atoms with Gasteiger partial charge in [0.1, 0.15) is 18.9 Å². The molecule has 0 bridgehead atoms. The Morgan fingerprint density at radius 3 is 2.26 bits per heavy atom. The molecular weight excluding hydrogens is 484 g/mol. The van der Waals surface area contributed by atoms with Crippen LogP contribution in [0.3, 0.4) is 0 Å². The summed E-state index contributed by atoms with van der Waals surface area (Å²) >= 11 is 6.11. The highest BCUT2D eigenvalue weighted by Gasteiger charge is 2.27. The standard InChI is InChI=1S/C27H31ClN2O4S/c1-19(2)22-8-10-23(11-9-22)30(35(32,33)25-13-5-20(3)6-14-25)18-27(31)29-15-16-34-24-12-7-21(4)26(28)17-24/h5-14,17,19H,15-16,18H2,1-4H3,(H,29,31). The quantitative estimate of drug-likeness (QED) is 0.364. The molecule has 3 aromatic carbocycles. The van der Waals surface area contributed by atoms with Gasteiger partial charge in [-0.1, -0.05) is 61.3 Å². The molecule has 35 heavy (non-hydrogen) atoms. The van der Waals surface area contributed by atoms with E-state index in [0.717, 1.165) is 21.0 Å². The number of halogens is 1. The van der Waals surface area contributed by atoms with Crippen LogP contribution in [0.4, 0.5) is 5.69 Å². The molecule has 0 aromatic heterocycles. The SMILES string of the molecule is Cc1ccc(S(=O)(=O)N(CC(=O)NCCOc2ccc(C)c(Cl)c2)c2ccc(C(C)C)cc2)cc1. The summed E-state index contributed by atoms with van der Waals surface area (Å²) in [7, 11) is -3.95. The number of nitrogens with zero attached hydrogens (tertiary/aromatic N) is 1.